The fourth-order valence-corrected chi connectivity index (χ4v) is 4.47. The molecule has 5 heteroatoms. The molecule has 150 valence electrons. The summed E-state index contributed by atoms with van der Waals surface area (Å²) < 4.78 is 2.22. The third-order valence-corrected chi connectivity index (χ3v) is 6.14. The molecule has 30 heavy (non-hydrogen) atoms. The van der Waals surface area contributed by atoms with Crippen LogP contribution in [0.2, 0.25) is 5.02 Å². The van der Waals surface area contributed by atoms with Gasteiger partial charge in [0.2, 0.25) is 5.91 Å². The van der Waals surface area contributed by atoms with Crippen LogP contribution < -0.4 is 0 Å². The van der Waals surface area contributed by atoms with E-state index in [4.69, 9.17) is 16.6 Å². The molecule has 1 atom stereocenters. The molecule has 1 amide bonds. The molecule has 0 N–H and O–H groups in total. The van der Waals surface area contributed by atoms with Crippen molar-refractivity contribution < 1.29 is 4.79 Å². The molecule has 0 aliphatic carbocycles. The molecule has 0 unspecified atom stereocenters. The third kappa shape index (κ3) is 3.59. The van der Waals surface area contributed by atoms with Crippen molar-refractivity contribution in [1.29, 1.82) is 0 Å². The lowest BCUT2D eigenvalue weighted by Crippen LogP contribution is -2.24. The van der Waals surface area contributed by atoms with Crippen LogP contribution in [0.4, 0.5) is 0 Å². The number of carbonyl (C=O) groups excluding carboxylic acids is 1. The van der Waals surface area contributed by atoms with E-state index in [0.717, 1.165) is 33.0 Å². The molecule has 1 aliphatic rings. The van der Waals surface area contributed by atoms with Crippen molar-refractivity contribution in [3.05, 3.63) is 101 Å². The molecule has 3 aromatic carbocycles. The van der Waals surface area contributed by atoms with Gasteiger partial charge in [0.1, 0.15) is 5.82 Å². The first-order valence-corrected chi connectivity index (χ1v) is 10.6. The summed E-state index contributed by atoms with van der Waals surface area (Å²) in [6.45, 7) is 1.96. The highest BCUT2D eigenvalue weighted by molar-refractivity contribution is 6.31. The van der Waals surface area contributed by atoms with Gasteiger partial charge in [-0.2, -0.15) is 0 Å². The predicted molar refractivity (Wildman–Crippen MR) is 120 cm³/mol. The summed E-state index contributed by atoms with van der Waals surface area (Å²) in [4.78, 5) is 19.7. The molecule has 5 rings (SSSR count). The number of imidazole rings is 1. The Balaban J connectivity index is 1.48. The van der Waals surface area contributed by atoms with Crippen molar-refractivity contribution in [2.45, 2.75) is 25.4 Å². The van der Waals surface area contributed by atoms with Gasteiger partial charge < -0.3 is 9.47 Å². The molecule has 2 heterocycles. The monoisotopic (exact) mass is 415 g/mol. The Morgan fingerprint density at radius 3 is 2.47 bits per heavy atom. The number of para-hydroxylation sites is 2. The minimum absolute atomic E-state index is 0.0658. The molecule has 1 saturated heterocycles. The highest BCUT2D eigenvalue weighted by Gasteiger charge is 2.34. The summed E-state index contributed by atoms with van der Waals surface area (Å²) in [6.07, 6.45) is 0.485. The lowest BCUT2D eigenvalue weighted by molar-refractivity contribution is -0.128. The zero-order valence-corrected chi connectivity index (χ0v) is 17.3. The predicted octanol–water partition coefficient (Wildman–Crippen LogP) is 5.25. The molecule has 0 spiro atoms. The fraction of sp³-hybridized carbons (Fsp3) is 0.200. The number of halogens is 1. The maximum atomic E-state index is 12.8. The van der Waals surface area contributed by atoms with Gasteiger partial charge in [-0.1, -0.05) is 72.3 Å². The van der Waals surface area contributed by atoms with Gasteiger partial charge in [0.25, 0.3) is 0 Å². The quantitative estimate of drug-likeness (QED) is 0.446. The normalized spacial score (nSPS) is 16.5. The molecule has 0 bridgehead atoms. The minimum atomic E-state index is 0.0658. The van der Waals surface area contributed by atoms with Gasteiger partial charge in [0, 0.05) is 30.5 Å². The van der Waals surface area contributed by atoms with E-state index in [1.165, 1.54) is 0 Å². The van der Waals surface area contributed by atoms with E-state index in [-0.39, 0.29) is 11.8 Å². The number of carbonyl (C=O) groups is 1. The second-order valence-electron chi connectivity index (χ2n) is 7.80. The van der Waals surface area contributed by atoms with Gasteiger partial charge in [0.15, 0.2) is 0 Å². The maximum absolute atomic E-state index is 12.8. The average Bonchev–Trinajstić information content (AvgIpc) is 3.31. The highest BCUT2D eigenvalue weighted by atomic mass is 35.5. The molecule has 4 aromatic rings. The van der Waals surface area contributed by atoms with Gasteiger partial charge in [0.05, 0.1) is 17.6 Å². The Labute approximate surface area is 180 Å². The molecule has 0 radical (unpaired) electrons. The van der Waals surface area contributed by atoms with E-state index in [1.54, 1.807) is 0 Å². The Hall–Kier alpha value is -3.11. The van der Waals surface area contributed by atoms with Gasteiger partial charge in [-0.15, -0.1) is 0 Å². The standard InChI is InChI=1S/C25H22ClN3O/c26-21-11-5-4-10-19(21)17-29-23-13-7-6-12-22(23)27-25(29)20-14-24(30)28(16-20)15-18-8-2-1-3-9-18/h1-13,20H,14-17H2/t20-/m0/s1. The first kappa shape index (κ1) is 18.9. The second-order valence-corrected chi connectivity index (χ2v) is 8.20. The van der Waals surface area contributed by atoms with Crippen molar-refractivity contribution in [3.63, 3.8) is 0 Å². The minimum Gasteiger partial charge on any atom is -0.338 e. The van der Waals surface area contributed by atoms with E-state index in [2.05, 4.69) is 22.8 Å². The number of aromatic nitrogens is 2. The molecule has 4 nitrogen and oxygen atoms in total. The summed E-state index contributed by atoms with van der Waals surface area (Å²) in [6, 6.07) is 26.2. The molecular weight excluding hydrogens is 394 g/mol. The Morgan fingerprint density at radius 1 is 0.900 bits per heavy atom. The molecule has 0 saturated carbocycles. The highest BCUT2D eigenvalue weighted by Crippen LogP contribution is 2.32. The smallest absolute Gasteiger partial charge is 0.223 e. The fourth-order valence-electron chi connectivity index (χ4n) is 4.27. The number of hydrogen-bond acceptors (Lipinski definition) is 2. The largest absolute Gasteiger partial charge is 0.338 e. The Bertz CT molecular complexity index is 1200. The van der Waals surface area contributed by atoms with Crippen LogP contribution in [0.5, 0.6) is 0 Å². The molecule has 1 fully saturated rings. The first-order chi connectivity index (χ1) is 14.7. The van der Waals surface area contributed by atoms with Gasteiger partial charge in [-0.05, 0) is 29.3 Å². The van der Waals surface area contributed by atoms with Crippen molar-refractivity contribution in [2.24, 2.45) is 0 Å². The zero-order chi connectivity index (χ0) is 20.5. The number of likely N-dealkylation sites (tertiary alicyclic amines) is 1. The SMILES string of the molecule is O=C1C[C@H](c2nc3ccccc3n2Cc2ccccc2Cl)CN1Cc1ccccc1. The number of nitrogens with zero attached hydrogens (tertiary/aromatic N) is 3. The van der Waals surface area contributed by atoms with E-state index in [1.807, 2.05) is 65.6 Å². The Kier molecular flexibility index (Phi) is 5.01. The molecular formula is C25H22ClN3O. The van der Waals surface area contributed by atoms with Crippen LogP contribution in [-0.2, 0) is 17.9 Å². The number of hydrogen-bond donors (Lipinski definition) is 0. The topological polar surface area (TPSA) is 38.1 Å². The third-order valence-electron chi connectivity index (χ3n) is 5.77. The van der Waals surface area contributed by atoms with Crippen molar-refractivity contribution in [3.8, 4) is 0 Å². The van der Waals surface area contributed by atoms with Crippen LogP contribution in [0.15, 0.2) is 78.9 Å². The van der Waals surface area contributed by atoms with Gasteiger partial charge in [-0.3, -0.25) is 4.79 Å². The van der Waals surface area contributed by atoms with Gasteiger partial charge >= 0.3 is 0 Å². The maximum Gasteiger partial charge on any atom is 0.223 e. The van der Waals surface area contributed by atoms with Crippen LogP contribution in [0, 0.1) is 0 Å². The van der Waals surface area contributed by atoms with Gasteiger partial charge in [-0.25, -0.2) is 4.98 Å². The lowest BCUT2D eigenvalue weighted by Gasteiger charge is -2.17. The summed E-state index contributed by atoms with van der Waals surface area (Å²) in [5.41, 5.74) is 4.22. The van der Waals surface area contributed by atoms with E-state index in [0.29, 0.717) is 26.1 Å². The number of fused-ring (bicyclic) bond motifs is 1. The summed E-state index contributed by atoms with van der Waals surface area (Å²) in [5.74, 6) is 1.20. The first-order valence-electron chi connectivity index (χ1n) is 10.2. The van der Waals surface area contributed by atoms with Crippen LogP contribution in [0.1, 0.15) is 29.3 Å². The summed E-state index contributed by atoms with van der Waals surface area (Å²) in [5, 5.41) is 0.745. The lowest BCUT2D eigenvalue weighted by atomic mass is 10.1. The van der Waals surface area contributed by atoms with E-state index >= 15 is 0 Å². The van der Waals surface area contributed by atoms with Crippen LogP contribution >= 0.6 is 11.6 Å². The number of rotatable bonds is 5. The van der Waals surface area contributed by atoms with Crippen molar-refractivity contribution >= 4 is 28.5 Å². The van der Waals surface area contributed by atoms with Crippen LogP contribution in [-0.4, -0.2) is 26.9 Å². The summed E-state index contributed by atoms with van der Waals surface area (Å²) >= 11 is 6.44. The molecule has 1 aliphatic heterocycles. The second kappa shape index (κ2) is 7.96. The number of amides is 1. The Morgan fingerprint density at radius 2 is 1.63 bits per heavy atom. The average molecular weight is 416 g/mol. The van der Waals surface area contributed by atoms with Crippen molar-refractivity contribution in [2.75, 3.05) is 6.54 Å². The summed E-state index contributed by atoms with van der Waals surface area (Å²) in [7, 11) is 0. The van der Waals surface area contributed by atoms with Crippen LogP contribution in [0.25, 0.3) is 11.0 Å². The molecule has 1 aromatic heterocycles. The van der Waals surface area contributed by atoms with Crippen LogP contribution in [0.3, 0.4) is 0 Å². The van der Waals surface area contributed by atoms with E-state index < -0.39 is 0 Å². The van der Waals surface area contributed by atoms with E-state index in [9.17, 15) is 4.79 Å². The van der Waals surface area contributed by atoms with Crippen molar-refractivity contribution in [1.82, 2.24) is 14.5 Å². The number of benzene rings is 3. The zero-order valence-electron chi connectivity index (χ0n) is 16.5.